The molecular weight excluding hydrogens is 419 g/mol. The van der Waals surface area contributed by atoms with Gasteiger partial charge in [0.1, 0.15) is 0 Å². The molecule has 0 fully saturated rings. The van der Waals surface area contributed by atoms with Crippen LogP contribution in [0.2, 0.25) is 0 Å². The van der Waals surface area contributed by atoms with E-state index in [-0.39, 0.29) is 11.8 Å². The minimum Gasteiger partial charge on any atom is -0.385 e. The highest BCUT2D eigenvalue weighted by Crippen LogP contribution is 2.18. The fourth-order valence-electron chi connectivity index (χ4n) is 2.14. The zero-order valence-electron chi connectivity index (χ0n) is 13.3. The second-order valence-corrected chi connectivity index (χ2v) is 6.24. The van der Waals surface area contributed by atoms with Crippen molar-refractivity contribution < 1.29 is 14.3 Å². The first-order valence-electron chi connectivity index (χ1n) is 7.55. The van der Waals surface area contributed by atoms with Crippen LogP contribution in [0.25, 0.3) is 0 Å². The van der Waals surface area contributed by atoms with E-state index < -0.39 is 0 Å². The van der Waals surface area contributed by atoms with Crippen LogP contribution in [0.5, 0.6) is 0 Å². The average molecular weight is 438 g/mol. The summed E-state index contributed by atoms with van der Waals surface area (Å²) >= 11 is 2.11. The van der Waals surface area contributed by atoms with E-state index in [1.54, 1.807) is 37.4 Å². The van der Waals surface area contributed by atoms with Gasteiger partial charge in [0.15, 0.2) is 0 Å². The maximum atomic E-state index is 12.4. The van der Waals surface area contributed by atoms with E-state index in [9.17, 15) is 9.59 Å². The van der Waals surface area contributed by atoms with E-state index in [4.69, 9.17) is 4.74 Å². The highest BCUT2D eigenvalue weighted by molar-refractivity contribution is 14.1. The van der Waals surface area contributed by atoms with Gasteiger partial charge < -0.3 is 15.4 Å². The second-order valence-electron chi connectivity index (χ2n) is 5.08. The summed E-state index contributed by atoms with van der Waals surface area (Å²) in [5.41, 5.74) is 1.51. The minimum atomic E-state index is -0.236. The molecule has 2 aromatic carbocycles. The molecule has 2 amide bonds. The summed E-state index contributed by atoms with van der Waals surface area (Å²) in [7, 11) is 1.62. The van der Waals surface area contributed by atoms with Gasteiger partial charge in [0.05, 0.1) is 16.8 Å². The van der Waals surface area contributed by atoms with Gasteiger partial charge in [-0.05, 0) is 53.3 Å². The molecule has 0 bridgehead atoms. The Morgan fingerprint density at radius 1 is 1.00 bits per heavy atom. The van der Waals surface area contributed by atoms with E-state index >= 15 is 0 Å². The monoisotopic (exact) mass is 438 g/mol. The highest BCUT2D eigenvalue weighted by atomic mass is 127. The molecule has 6 heteroatoms. The molecule has 0 aliphatic carbocycles. The Morgan fingerprint density at radius 2 is 1.67 bits per heavy atom. The lowest BCUT2D eigenvalue weighted by atomic mass is 10.1. The number of anilines is 1. The quantitative estimate of drug-likeness (QED) is 0.515. The molecular formula is C18H19IN2O3. The maximum Gasteiger partial charge on any atom is 0.256 e. The Bertz CT molecular complexity index is 719. The molecule has 0 aliphatic heterocycles. The second kappa shape index (κ2) is 9.39. The fraction of sp³-hybridized carbons (Fsp3) is 0.222. The van der Waals surface area contributed by atoms with Crippen molar-refractivity contribution in [3.05, 3.63) is 63.2 Å². The summed E-state index contributed by atoms with van der Waals surface area (Å²) in [5, 5.41) is 5.65. The number of para-hydroxylation sites is 1. The summed E-state index contributed by atoms with van der Waals surface area (Å²) in [6.45, 7) is 1.11. The van der Waals surface area contributed by atoms with Gasteiger partial charge in [0.25, 0.3) is 11.8 Å². The van der Waals surface area contributed by atoms with Crippen LogP contribution < -0.4 is 10.6 Å². The van der Waals surface area contributed by atoms with E-state index in [0.29, 0.717) is 30.0 Å². The van der Waals surface area contributed by atoms with Gasteiger partial charge in [-0.25, -0.2) is 0 Å². The van der Waals surface area contributed by atoms with Gasteiger partial charge >= 0.3 is 0 Å². The smallest absolute Gasteiger partial charge is 0.256 e. The Hall–Kier alpha value is -1.93. The lowest BCUT2D eigenvalue weighted by molar-refractivity contribution is 0.0949. The highest BCUT2D eigenvalue weighted by Gasteiger charge is 2.15. The largest absolute Gasteiger partial charge is 0.385 e. The van der Waals surface area contributed by atoms with E-state index in [2.05, 4.69) is 33.2 Å². The van der Waals surface area contributed by atoms with Crippen molar-refractivity contribution >= 4 is 40.1 Å². The number of nitrogens with one attached hydrogen (secondary N) is 2. The molecule has 0 aromatic heterocycles. The molecule has 0 radical (unpaired) electrons. The summed E-state index contributed by atoms with van der Waals surface area (Å²) < 4.78 is 5.81. The van der Waals surface area contributed by atoms with Gasteiger partial charge in [-0.2, -0.15) is 0 Å². The van der Waals surface area contributed by atoms with Crippen molar-refractivity contribution in [3.63, 3.8) is 0 Å². The maximum absolute atomic E-state index is 12.4. The van der Waals surface area contributed by atoms with Gasteiger partial charge in [-0.3, -0.25) is 9.59 Å². The molecule has 0 saturated heterocycles. The number of carbonyl (C=O) groups excluding carboxylic acids is 2. The Balaban J connectivity index is 2.10. The third kappa shape index (κ3) is 5.04. The summed E-state index contributed by atoms with van der Waals surface area (Å²) in [4.78, 5) is 24.8. The lowest BCUT2D eigenvalue weighted by Gasteiger charge is -2.12. The van der Waals surface area contributed by atoms with Crippen LogP contribution in [-0.2, 0) is 4.74 Å². The lowest BCUT2D eigenvalue weighted by Crippen LogP contribution is -2.26. The minimum absolute atomic E-state index is 0.218. The van der Waals surface area contributed by atoms with Crippen molar-refractivity contribution in [2.24, 2.45) is 0 Å². The van der Waals surface area contributed by atoms with Gasteiger partial charge in [0, 0.05) is 23.8 Å². The topological polar surface area (TPSA) is 67.4 Å². The standard InChI is InChI=1S/C18H19IN2O3/c1-24-12-6-11-20-17(22)14-8-3-5-10-16(14)21-18(23)13-7-2-4-9-15(13)19/h2-5,7-10H,6,11-12H2,1H3,(H,20,22)(H,21,23). The number of halogens is 1. The first kappa shape index (κ1) is 18.4. The van der Waals surface area contributed by atoms with Crippen molar-refractivity contribution in [2.75, 3.05) is 25.6 Å². The third-order valence-electron chi connectivity index (χ3n) is 3.35. The molecule has 24 heavy (non-hydrogen) atoms. The van der Waals surface area contributed by atoms with Gasteiger partial charge in [0.2, 0.25) is 0 Å². The number of carbonyl (C=O) groups is 2. The number of hydrogen-bond acceptors (Lipinski definition) is 3. The number of methoxy groups -OCH3 is 1. The van der Waals surface area contributed by atoms with Crippen molar-refractivity contribution in [1.29, 1.82) is 0 Å². The summed E-state index contributed by atoms with van der Waals surface area (Å²) in [6, 6.07) is 14.3. The first-order valence-corrected chi connectivity index (χ1v) is 8.63. The van der Waals surface area contributed by atoms with Crippen LogP contribution in [0, 0.1) is 3.57 Å². The molecule has 0 aliphatic rings. The number of amides is 2. The van der Waals surface area contributed by atoms with Gasteiger partial charge in [-0.15, -0.1) is 0 Å². The Morgan fingerprint density at radius 3 is 2.38 bits per heavy atom. The molecule has 0 atom stereocenters. The predicted molar refractivity (Wildman–Crippen MR) is 102 cm³/mol. The molecule has 0 heterocycles. The van der Waals surface area contributed by atoms with Crippen molar-refractivity contribution in [1.82, 2.24) is 5.32 Å². The van der Waals surface area contributed by atoms with E-state index in [1.165, 1.54) is 0 Å². The SMILES string of the molecule is COCCCNC(=O)c1ccccc1NC(=O)c1ccccc1I. The summed E-state index contributed by atoms with van der Waals surface area (Å²) in [6.07, 6.45) is 0.735. The predicted octanol–water partition coefficient (Wildman–Crippen LogP) is 3.31. The van der Waals surface area contributed by atoms with Crippen molar-refractivity contribution in [3.8, 4) is 0 Å². The average Bonchev–Trinajstić information content (AvgIpc) is 2.59. The molecule has 0 unspecified atom stereocenters. The molecule has 2 N–H and O–H groups in total. The van der Waals surface area contributed by atoms with Crippen LogP contribution in [0.4, 0.5) is 5.69 Å². The zero-order chi connectivity index (χ0) is 17.4. The number of hydrogen-bond donors (Lipinski definition) is 2. The van der Waals surface area contributed by atoms with E-state index in [0.717, 1.165) is 9.99 Å². The normalized spacial score (nSPS) is 10.2. The van der Waals surface area contributed by atoms with Gasteiger partial charge in [-0.1, -0.05) is 24.3 Å². The molecule has 0 spiro atoms. The van der Waals surface area contributed by atoms with Crippen LogP contribution >= 0.6 is 22.6 Å². The molecule has 2 rings (SSSR count). The Kier molecular flexibility index (Phi) is 7.20. The molecule has 126 valence electrons. The number of ether oxygens (including phenoxy) is 1. The van der Waals surface area contributed by atoms with Crippen molar-refractivity contribution in [2.45, 2.75) is 6.42 Å². The van der Waals surface area contributed by atoms with Crippen LogP contribution in [0.1, 0.15) is 27.1 Å². The third-order valence-corrected chi connectivity index (χ3v) is 4.29. The van der Waals surface area contributed by atoms with Crippen LogP contribution in [-0.4, -0.2) is 32.1 Å². The fourth-order valence-corrected chi connectivity index (χ4v) is 2.77. The Labute approximate surface area is 154 Å². The summed E-state index contributed by atoms with van der Waals surface area (Å²) in [5.74, 6) is -0.454. The number of rotatable bonds is 7. The molecule has 0 saturated carbocycles. The zero-order valence-corrected chi connectivity index (χ0v) is 15.5. The molecule has 5 nitrogen and oxygen atoms in total. The van der Waals surface area contributed by atoms with Crippen LogP contribution in [0.3, 0.4) is 0 Å². The number of benzene rings is 2. The molecule has 2 aromatic rings. The first-order chi connectivity index (χ1) is 11.6. The van der Waals surface area contributed by atoms with E-state index in [1.807, 2.05) is 18.2 Å². The van der Waals surface area contributed by atoms with Crippen LogP contribution in [0.15, 0.2) is 48.5 Å².